The third kappa shape index (κ3) is 4.17. The van der Waals surface area contributed by atoms with Crippen molar-refractivity contribution >= 4 is 23.5 Å². The number of hydrogen-bond acceptors (Lipinski definition) is 5. The fraction of sp³-hybridized carbons (Fsp3) is 0.440. The van der Waals surface area contributed by atoms with Gasteiger partial charge in [0.25, 0.3) is 0 Å². The Labute approximate surface area is 183 Å². The lowest BCUT2D eigenvalue weighted by Crippen LogP contribution is -2.36. The highest BCUT2D eigenvalue weighted by molar-refractivity contribution is 5.87. The monoisotopic (exact) mass is 418 g/mol. The molecule has 0 bridgehead atoms. The highest BCUT2D eigenvalue weighted by Crippen LogP contribution is 2.54. The van der Waals surface area contributed by atoms with E-state index >= 15 is 0 Å². The second-order valence-corrected chi connectivity index (χ2v) is 9.00. The van der Waals surface area contributed by atoms with Crippen molar-refractivity contribution in [3.05, 3.63) is 59.2 Å². The van der Waals surface area contributed by atoms with E-state index in [4.69, 9.17) is 4.74 Å². The summed E-state index contributed by atoms with van der Waals surface area (Å²) in [6, 6.07) is 15.0. The van der Waals surface area contributed by atoms with E-state index in [-0.39, 0.29) is 17.2 Å². The van der Waals surface area contributed by atoms with Crippen LogP contribution >= 0.6 is 0 Å². The van der Waals surface area contributed by atoms with Gasteiger partial charge in [0, 0.05) is 36.4 Å². The first-order chi connectivity index (χ1) is 15.1. The molecule has 2 aromatic rings. The number of aryl methyl sites for hydroxylation is 1. The Bertz CT molecular complexity index is 982. The lowest BCUT2D eigenvalue weighted by atomic mass is 9.95. The fourth-order valence-corrected chi connectivity index (χ4v) is 4.75. The molecule has 1 aliphatic carbocycles. The minimum Gasteiger partial charge on any atom is -0.385 e. The zero-order chi connectivity index (χ0) is 21.3. The molecule has 2 atom stereocenters. The van der Waals surface area contributed by atoms with Crippen LogP contribution in [0.2, 0.25) is 0 Å². The summed E-state index contributed by atoms with van der Waals surface area (Å²) in [5, 5.41) is 7.64. The van der Waals surface area contributed by atoms with Crippen LogP contribution in [0.5, 0.6) is 0 Å². The van der Waals surface area contributed by atoms with Crippen molar-refractivity contribution in [2.24, 2.45) is 11.0 Å². The van der Waals surface area contributed by atoms with Gasteiger partial charge in [-0.2, -0.15) is 5.10 Å². The summed E-state index contributed by atoms with van der Waals surface area (Å²) in [5.41, 5.74) is 8.59. The quantitative estimate of drug-likeness (QED) is 0.578. The molecule has 2 aliphatic heterocycles. The number of carbonyl (C=O) groups excluding carboxylic acids is 1. The van der Waals surface area contributed by atoms with Crippen LogP contribution in [0.3, 0.4) is 0 Å². The van der Waals surface area contributed by atoms with Gasteiger partial charge in [-0.25, -0.2) is 5.43 Å². The summed E-state index contributed by atoms with van der Waals surface area (Å²) in [4.78, 5) is 15.0. The van der Waals surface area contributed by atoms with Gasteiger partial charge in [0.1, 0.15) is 0 Å². The lowest BCUT2D eigenvalue weighted by Gasteiger charge is -2.29. The number of morpholine rings is 1. The molecule has 6 nitrogen and oxygen atoms in total. The molecule has 1 amide bonds. The van der Waals surface area contributed by atoms with Gasteiger partial charge in [-0.15, -0.1) is 0 Å². The molecule has 5 rings (SSSR count). The van der Waals surface area contributed by atoms with Crippen molar-refractivity contribution in [3.8, 4) is 0 Å². The number of carbonyl (C=O) groups is 1. The summed E-state index contributed by atoms with van der Waals surface area (Å²) in [6.45, 7) is 6.60. The van der Waals surface area contributed by atoms with Crippen molar-refractivity contribution in [1.82, 2.24) is 5.43 Å². The highest BCUT2D eigenvalue weighted by Gasteiger charge is 2.55. The number of amides is 1. The predicted molar refractivity (Wildman–Crippen MR) is 124 cm³/mol. The third-order valence-corrected chi connectivity index (χ3v) is 6.92. The van der Waals surface area contributed by atoms with Crippen molar-refractivity contribution in [2.45, 2.75) is 31.6 Å². The van der Waals surface area contributed by atoms with E-state index in [0.717, 1.165) is 51.3 Å². The standard InChI is InChI=1S/C25H30N4O2/c1-25(20-6-8-21(9-7-20)29-11-13-31-14-12-29)16-22(25)24(30)28-27-17-18-4-5-19-3-2-10-26-23(19)15-18/h4-9,15,17,22,26H,2-3,10-14,16H2,1H3,(H,28,30)/b27-17+. The summed E-state index contributed by atoms with van der Waals surface area (Å²) in [5.74, 6) is -0.0452. The number of hydrogen-bond donors (Lipinski definition) is 2. The Morgan fingerprint density at radius 1 is 1.23 bits per heavy atom. The zero-order valence-corrected chi connectivity index (χ0v) is 18.1. The van der Waals surface area contributed by atoms with Crippen LogP contribution < -0.4 is 15.6 Å². The van der Waals surface area contributed by atoms with Gasteiger partial charge in [0.2, 0.25) is 5.91 Å². The number of nitrogens with one attached hydrogen (secondary N) is 2. The first kappa shape index (κ1) is 20.1. The highest BCUT2D eigenvalue weighted by atomic mass is 16.5. The molecule has 0 radical (unpaired) electrons. The maximum Gasteiger partial charge on any atom is 0.244 e. The minimum absolute atomic E-state index is 0.00732. The van der Waals surface area contributed by atoms with Gasteiger partial charge in [-0.05, 0) is 54.2 Å². The van der Waals surface area contributed by atoms with Gasteiger partial charge in [0.15, 0.2) is 0 Å². The maximum atomic E-state index is 12.7. The van der Waals surface area contributed by atoms with E-state index in [1.165, 1.54) is 28.9 Å². The summed E-state index contributed by atoms with van der Waals surface area (Å²) in [7, 11) is 0. The average molecular weight is 419 g/mol. The van der Waals surface area contributed by atoms with Crippen molar-refractivity contribution in [3.63, 3.8) is 0 Å². The smallest absolute Gasteiger partial charge is 0.244 e. The van der Waals surface area contributed by atoms with Crippen LogP contribution in [-0.2, 0) is 21.4 Å². The van der Waals surface area contributed by atoms with Crippen molar-refractivity contribution in [1.29, 1.82) is 0 Å². The molecule has 162 valence electrons. The first-order valence-electron chi connectivity index (χ1n) is 11.3. The molecule has 2 heterocycles. The van der Waals surface area contributed by atoms with E-state index in [2.05, 4.69) is 70.1 Å². The average Bonchev–Trinajstić information content (AvgIpc) is 3.52. The number of benzene rings is 2. The second kappa shape index (κ2) is 8.35. The lowest BCUT2D eigenvalue weighted by molar-refractivity contribution is -0.122. The molecule has 1 saturated carbocycles. The zero-order valence-electron chi connectivity index (χ0n) is 18.1. The van der Waals surface area contributed by atoms with Gasteiger partial charge in [-0.3, -0.25) is 4.79 Å². The second-order valence-electron chi connectivity index (χ2n) is 9.00. The molecule has 2 N–H and O–H groups in total. The van der Waals surface area contributed by atoms with E-state index in [1.807, 2.05) is 0 Å². The van der Waals surface area contributed by atoms with Crippen molar-refractivity contribution < 1.29 is 9.53 Å². The summed E-state index contributed by atoms with van der Waals surface area (Å²) >= 11 is 0. The van der Waals surface area contributed by atoms with Crippen LogP contribution in [0.4, 0.5) is 11.4 Å². The largest absolute Gasteiger partial charge is 0.385 e. The topological polar surface area (TPSA) is 66.0 Å². The molecular formula is C25H30N4O2. The number of anilines is 2. The van der Waals surface area contributed by atoms with Gasteiger partial charge in [0.05, 0.1) is 25.3 Å². The molecule has 31 heavy (non-hydrogen) atoms. The van der Waals surface area contributed by atoms with E-state index in [1.54, 1.807) is 6.21 Å². The number of ether oxygens (including phenoxy) is 1. The van der Waals surface area contributed by atoms with Crippen LogP contribution in [0, 0.1) is 5.92 Å². The Kier molecular flexibility index (Phi) is 5.40. The predicted octanol–water partition coefficient (Wildman–Crippen LogP) is 3.31. The summed E-state index contributed by atoms with van der Waals surface area (Å²) < 4.78 is 5.43. The van der Waals surface area contributed by atoms with Crippen LogP contribution in [0.15, 0.2) is 47.6 Å². The Balaban J connectivity index is 1.18. The van der Waals surface area contributed by atoms with Gasteiger partial charge >= 0.3 is 0 Å². The third-order valence-electron chi connectivity index (χ3n) is 6.92. The molecular weight excluding hydrogens is 388 g/mol. The normalized spacial score (nSPS) is 25.1. The Morgan fingerprint density at radius 3 is 2.84 bits per heavy atom. The summed E-state index contributed by atoms with van der Waals surface area (Å²) in [6.07, 6.45) is 4.87. The Morgan fingerprint density at radius 2 is 2.03 bits per heavy atom. The molecule has 2 aromatic carbocycles. The van der Waals surface area contributed by atoms with Crippen LogP contribution in [-0.4, -0.2) is 45.0 Å². The number of rotatable bonds is 5. The van der Waals surface area contributed by atoms with Gasteiger partial charge < -0.3 is 15.0 Å². The molecule has 0 spiro atoms. The molecule has 1 saturated heterocycles. The molecule has 2 fully saturated rings. The molecule has 6 heteroatoms. The number of fused-ring (bicyclic) bond motifs is 1. The minimum atomic E-state index is -0.112. The van der Waals surface area contributed by atoms with E-state index in [9.17, 15) is 4.79 Å². The number of nitrogens with zero attached hydrogens (tertiary/aromatic N) is 2. The van der Waals surface area contributed by atoms with Crippen LogP contribution in [0.1, 0.15) is 36.5 Å². The number of hydrazone groups is 1. The molecule has 3 aliphatic rings. The first-order valence-corrected chi connectivity index (χ1v) is 11.3. The maximum absolute atomic E-state index is 12.7. The van der Waals surface area contributed by atoms with Crippen molar-refractivity contribution in [2.75, 3.05) is 43.1 Å². The van der Waals surface area contributed by atoms with Crippen LogP contribution in [0.25, 0.3) is 0 Å². The van der Waals surface area contributed by atoms with Gasteiger partial charge in [-0.1, -0.05) is 31.2 Å². The van der Waals surface area contributed by atoms with E-state index in [0.29, 0.717) is 0 Å². The fourth-order valence-electron chi connectivity index (χ4n) is 4.75. The molecule has 2 unspecified atom stereocenters. The molecule has 0 aromatic heterocycles. The SMILES string of the molecule is CC1(c2ccc(N3CCOCC3)cc2)CC1C(=O)N/N=C/c1ccc2c(c1)NCCC2. The Hall–Kier alpha value is -2.86. The van der Waals surface area contributed by atoms with E-state index < -0.39 is 0 Å².